The quantitative estimate of drug-likeness (QED) is 0.601. The number of aromatic amines is 1. The van der Waals surface area contributed by atoms with Crippen molar-refractivity contribution in [1.82, 2.24) is 10.3 Å². The highest BCUT2D eigenvalue weighted by Gasteiger charge is 2.25. The third-order valence-electron chi connectivity index (χ3n) is 4.62. The molecule has 0 aliphatic heterocycles. The predicted molar refractivity (Wildman–Crippen MR) is 114 cm³/mol. The number of sulfonamides is 1. The van der Waals surface area contributed by atoms with Crippen LogP contribution in [0.4, 0.5) is 10.1 Å². The van der Waals surface area contributed by atoms with E-state index in [1.807, 2.05) is 6.92 Å². The summed E-state index contributed by atoms with van der Waals surface area (Å²) in [5, 5.41) is 2.73. The number of pyridine rings is 1. The Labute approximate surface area is 173 Å². The average molecular weight is 431 g/mol. The van der Waals surface area contributed by atoms with E-state index in [9.17, 15) is 22.4 Å². The fraction of sp³-hybridized carbons (Fsp3) is 0.238. The molecule has 1 heterocycles. The van der Waals surface area contributed by atoms with Gasteiger partial charge in [-0.25, -0.2) is 12.8 Å². The number of carbonyl (C=O) groups excluding carboxylic acids is 1. The average Bonchev–Trinajstić information content (AvgIpc) is 2.73. The van der Waals surface area contributed by atoms with Crippen LogP contribution in [-0.2, 0) is 10.0 Å². The second kappa shape index (κ2) is 8.66. The topological polar surface area (TPSA) is 99.3 Å². The maximum atomic E-state index is 13.2. The molecule has 7 nitrogen and oxygen atoms in total. The summed E-state index contributed by atoms with van der Waals surface area (Å²) in [7, 11) is -4.01. The molecule has 0 atom stereocenters. The van der Waals surface area contributed by atoms with Crippen LogP contribution in [0.2, 0.25) is 0 Å². The third-order valence-corrected chi connectivity index (χ3v) is 6.52. The molecule has 0 unspecified atom stereocenters. The molecule has 2 aromatic carbocycles. The van der Waals surface area contributed by atoms with E-state index in [2.05, 4.69) is 10.3 Å². The number of benzene rings is 2. The van der Waals surface area contributed by atoms with Gasteiger partial charge in [-0.3, -0.25) is 13.9 Å². The monoisotopic (exact) mass is 431 g/mol. The van der Waals surface area contributed by atoms with Crippen LogP contribution < -0.4 is 15.1 Å². The van der Waals surface area contributed by atoms with Crippen molar-refractivity contribution in [2.75, 3.05) is 17.4 Å². The lowest BCUT2D eigenvalue weighted by Gasteiger charge is -2.23. The normalized spacial score (nSPS) is 11.4. The number of H-pyrrole nitrogens is 1. The molecule has 9 heteroatoms. The Hall–Kier alpha value is -3.20. The molecule has 30 heavy (non-hydrogen) atoms. The van der Waals surface area contributed by atoms with Gasteiger partial charge in [-0.05, 0) is 55.8 Å². The molecule has 0 radical (unpaired) electrons. The van der Waals surface area contributed by atoms with E-state index in [1.54, 1.807) is 6.92 Å². The second-order valence-corrected chi connectivity index (χ2v) is 8.50. The molecule has 1 aromatic heterocycles. The number of carbonyl (C=O) groups is 1. The molecule has 1 amide bonds. The molecule has 2 N–H and O–H groups in total. The summed E-state index contributed by atoms with van der Waals surface area (Å²) in [5.41, 5.74) is 0.0760. The van der Waals surface area contributed by atoms with E-state index in [4.69, 9.17) is 0 Å². The lowest BCUT2D eigenvalue weighted by molar-refractivity contribution is 0.0952. The zero-order chi connectivity index (χ0) is 21.9. The number of fused-ring (bicyclic) bond motifs is 1. The first-order valence-electron chi connectivity index (χ1n) is 9.51. The van der Waals surface area contributed by atoms with Crippen molar-refractivity contribution in [2.24, 2.45) is 0 Å². The molecule has 0 aliphatic rings. The van der Waals surface area contributed by atoms with Crippen LogP contribution in [0.25, 0.3) is 10.9 Å². The third kappa shape index (κ3) is 4.06. The number of hydrogen-bond donors (Lipinski definition) is 2. The van der Waals surface area contributed by atoms with Gasteiger partial charge in [-0.15, -0.1) is 0 Å². The van der Waals surface area contributed by atoms with E-state index >= 15 is 0 Å². The van der Waals surface area contributed by atoms with E-state index < -0.39 is 27.2 Å². The van der Waals surface area contributed by atoms with Crippen LogP contribution >= 0.6 is 0 Å². The van der Waals surface area contributed by atoms with E-state index in [0.717, 1.165) is 10.7 Å². The van der Waals surface area contributed by atoms with Gasteiger partial charge in [-0.2, -0.15) is 0 Å². The summed E-state index contributed by atoms with van der Waals surface area (Å²) in [5.74, 6) is -0.993. The maximum Gasteiger partial charge on any atom is 0.264 e. The van der Waals surface area contributed by atoms with Crippen molar-refractivity contribution in [3.05, 3.63) is 70.3 Å². The fourth-order valence-electron chi connectivity index (χ4n) is 3.09. The number of hydrogen-bond acceptors (Lipinski definition) is 4. The smallest absolute Gasteiger partial charge is 0.264 e. The minimum Gasteiger partial charge on any atom is -0.360 e. The van der Waals surface area contributed by atoms with E-state index in [0.29, 0.717) is 17.7 Å². The predicted octanol–water partition coefficient (Wildman–Crippen LogP) is 3.02. The Morgan fingerprint density at radius 1 is 1.13 bits per heavy atom. The molecule has 0 fully saturated rings. The molecule has 0 spiro atoms. The van der Waals surface area contributed by atoms with Gasteiger partial charge in [0.2, 0.25) is 5.43 Å². The highest BCUT2D eigenvalue weighted by molar-refractivity contribution is 7.92. The Balaban J connectivity index is 2.08. The first-order chi connectivity index (χ1) is 14.3. The zero-order valence-corrected chi connectivity index (χ0v) is 17.4. The summed E-state index contributed by atoms with van der Waals surface area (Å²) in [6.45, 7) is 4.09. The summed E-state index contributed by atoms with van der Waals surface area (Å²) < 4.78 is 40.8. The molecule has 0 aliphatic carbocycles. The lowest BCUT2D eigenvalue weighted by Crippen LogP contribution is -2.31. The second-order valence-electron chi connectivity index (χ2n) is 6.64. The van der Waals surface area contributed by atoms with Crippen LogP contribution in [0.3, 0.4) is 0 Å². The van der Waals surface area contributed by atoms with E-state index in [-0.39, 0.29) is 22.4 Å². The van der Waals surface area contributed by atoms with Gasteiger partial charge in [0.05, 0.1) is 10.6 Å². The molecular weight excluding hydrogens is 409 g/mol. The zero-order valence-electron chi connectivity index (χ0n) is 16.6. The molecule has 3 aromatic rings. The molecule has 158 valence electrons. The first kappa shape index (κ1) is 21.5. The standard InChI is InChI=1S/C21H22FN3O4S/c1-3-11-23-21(27)18-13-24-19-10-9-16(12-17(19)20(18)26)30(28,29)25(4-2)15-7-5-14(22)6-8-15/h5-10,12-13H,3-4,11H2,1-2H3,(H,23,27)(H,24,26). The SMILES string of the molecule is CCCNC(=O)c1c[nH]c2ccc(S(=O)(=O)N(CC)c3ccc(F)cc3)cc2c1=O. The minimum atomic E-state index is -4.01. The van der Waals surface area contributed by atoms with Gasteiger partial charge < -0.3 is 10.3 Å². The summed E-state index contributed by atoms with van der Waals surface area (Å²) >= 11 is 0. The van der Waals surface area contributed by atoms with Gasteiger partial charge >= 0.3 is 0 Å². The van der Waals surface area contributed by atoms with Crippen molar-refractivity contribution in [3.63, 3.8) is 0 Å². The number of anilines is 1. The first-order valence-corrected chi connectivity index (χ1v) is 11.0. The highest BCUT2D eigenvalue weighted by Crippen LogP contribution is 2.25. The van der Waals surface area contributed by atoms with E-state index in [1.165, 1.54) is 48.7 Å². The molecular formula is C21H22FN3O4S. The van der Waals surface area contributed by atoms with Crippen molar-refractivity contribution in [2.45, 2.75) is 25.2 Å². The van der Waals surface area contributed by atoms with Gasteiger partial charge in [0, 0.05) is 30.2 Å². The van der Waals surface area contributed by atoms with Crippen molar-refractivity contribution >= 4 is 32.5 Å². The van der Waals surface area contributed by atoms with Gasteiger partial charge in [0.25, 0.3) is 15.9 Å². The summed E-state index contributed by atoms with van der Waals surface area (Å²) in [6.07, 6.45) is 2.04. The lowest BCUT2D eigenvalue weighted by atomic mass is 10.1. The van der Waals surface area contributed by atoms with Crippen LogP contribution in [0, 0.1) is 5.82 Å². The largest absolute Gasteiger partial charge is 0.360 e. The van der Waals surface area contributed by atoms with Crippen molar-refractivity contribution < 1.29 is 17.6 Å². The number of halogens is 1. The number of nitrogens with one attached hydrogen (secondary N) is 2. The highest BCUT2D eigenvalue weighted by atomic mass is 32.2. The minimum absolute atomic E-state index is 0.0867. The number of rotatable bonds is 7. The Morgan fingerprint density at radius 2 is 1.83 bits per heavy atom. The Kier molecular flexibility index (Phi) is 6.21. The van der Waals surface area contributed by atoms with Crippen molar-refractivity contribution in [3.8, 4) is 0 Å². The Bertz CT molecular complexity index is 1240. The molecule has 3 rings (SSSR count). The number of nitrogens with zero attached hydrogens (tertiary/aromatic N) is 1. The van der Waals surface area contributed by atoms with Crippen LogP contribution in [0.5, 0.6) is 0 Å². The number of amides is 1. The fourth-order valence-corrected chi connectivity index (χ4v) is 4.59. The van der Waals surface area contributed by atoms with Gasteiger partial charge in [-0.1, -0.05) is 6.92 Å². The molecule has 0 saturated heterocycles. The van der Waals surface area contributed by atoms with Gasteiger partial charge in [0.1, 0.15) is 11.4 Å². The van der Waals surface area contributed by atoms with Crippen LogP contribution in [-0.4, -0.2) is 32.4 Å². The molecule has 0 saturated carbocycles. The van der Waals surface area contributed by atoms with Crippen LogP contribution in [0.15, 0.2) is 58.4 Å². The summed E-state index contributed by atoms with van der Waals surface area (Å²) in [4.78, 5) is 27.8. The maximum absolute atomic E-state index is 13.2. The molecule has 0 bridgehead atoms. The van der Waals surface area contributed by atoms with Crippen LogP contribution in [0.1, 0.15) is 30.6 Å². The summed E-state index contributed by atoms with van der Waals surface area (Å²) in [6, 6.07) is 9.24. The van der Waals surface area contributed by atoms with Gasteiger partial charge in [0.15, 0.2) is 0 Å². The Morgan fingerprint density at radius 3 is 2.47 bits per heavy atom. The van der Waals surface area contributed by atoms with Crippen molar-refractivity contribution in [1.29, 1.82) is 0 Å². The number of aromatic nitrogens is 1.